The molecule has 0 bridgehead atoms. The van der Waals surface area contributed by atoms with Crippen molar-refractivity contribution in [3.63, 3.8) is 0 Å². The van der Waals surface area contributed by atoms with Gasteiger partial charge in [0.25, 0.3) is 0 Å². The molecule has 0 radical (unpaired) electrons. The van der Waals surface area contributed by atoms with Gasteiger partial charge in [0.2, 0.25) is 0 Å². The van der Waals surface area contributed by atoms with E-state index in [0.29, 0.717) is 5.01 Å². The summed E-state index contributed by atoms with van der Waals surface area (Å²) in [5, 5.41) is 0.352. The number of hydrazine groups is 1. The highest BCUT2D eigenvalue weighted by molar-refractivity contribution is 5.90. The van der Waals surface area contributed by atoms with Crippen molar-refractivity contribution in [2.45, 2.75) is 52.7 Å². The first-order valence-electron chi connectivity index (χ1n) is 7.70. The van der Waals surface area contributed by atoms with Crippen LogP contribution in [0.1, 0.15) is 51.9 Å². The molecular formula is C17H22F2N2O5. The summed E-state index contributed by atoms with van der Waals surface area (Å²) in [7, 11) is 0. The van der Waals surface area contributed by atoms with Crippen molar-refractivity contribution in [3.8, 4) is 0 Å². The summed E-state index contributed by atoms with van der Waals surface area (Å²) in [5.41, 5.74) is -0.679. The van der Waals surface area contributed by atoms with Gasteiger partial charge in [-0.05, 0) is 53.7 Å². The number of halogens is 2. The Morgan fingerprint density at radius 2 is 1.35 bits per heavy atom. The van der Waals surface area contributed by atoms with Crippen molar-refractivity contribution in [2.24, 2.45) is 0 Å². The molecule has 0 aliphatic carbocycles. The number of benzene rings is 1. The molecule has 1 aromatic rings. The molecule has 2 amide bonds. The highest BCUT2D eigenvalue weighted by Gasteiger charge is 2.32. The molecule has 144 valence electrons. The first-order chi connectivity index (χ1) is 11.7. The highest BCUT2D eigenvalue weighted by Crippen LogP contribution is 2.20. The van der Waals surface area contributed by atoms with Gasteiger partial charge >= 0.3 is 12.2 Å². The molecule has 1 N–H and O–H groups in total. The molecule has 0 spiro atoms. The second kappa shape index (κ2) is 7.67. The summed E-state index contributed by atoms with van der Waals surface area (Å²) < 4.78 is 37.7. The third-order valence-electron chi connectivity index (χ3n) is 2.59. The molecule has 0 unspecified atom stereocenters. The van der Waals surface area contributed by atoms with Crippen LogP contribution in [0.4, 0.5) is 24.1 Å². The molecule has 0 aliphatic heterocycles. The Morgan fingerprint density at radius 3 is 1.65 bits per heavy atom. The van der Waals surface area contributed by atoms with Crippen LogP contribution in [0.15, 0.2) is 12.1 Å². The lowest BCUT2D eigenvalue weighted by Crippen LogP contribution is -2.46. The van der Waals surface area contributed by atoms with Crippen LogP contribution < -0.4 is 5.43 Å². The molecule has 7 nitrogen and oxygen atoms in total. The maximum Gasteiger partial charge on any atom is 0.439 e. The zero-order valence-corrected chi connectivity index (χ0v) is 15.5. The zero-order valence-electron chi connectivity index (χ0n) is 15.5. The summed E-state index contributed by atoms with van der Waals surface area (Å²) >= 11 is 0. The number of nitrogens with one attached hydrogen (secondary N) is 1. The Kier molecular flexibility index (Phi) is 6.29. The second-order valence-electron chi connectivity index (χ2n) is 7.38. The molecule has 0 atom stereocenters. The van der Waals surface area contributed by atoms with Gasteiger partial charge in [0, 0.05) is 0 Å². The number of hydrogen-bond acceptors (Lipinski definition) is 6. The molecule has 1 aromatic carbocycles. The van der Waals surface area contributed by atoms with E-state index in [4.69, 9.17) is 9.47 Å². The number of rotatable bonds is 3. The van der Waals surface area contributed by atoms with Crippen molar-refractivity contribution in [1.82, 2.24) is 5.01 Å². The minimum Gasteiger partial charge on any atom is -0.442 e. The maximum atomic E-state index is 13.7. The van der Waals surface area contributed by atoms with Crippen LogP contribution in [-0.4, -0.2) is 34.7 Å². The van der Waals surface area contributed by atoms with Crippen LogP contribution in [0.25, 0.3) is 0 Å². The van der Waals surface area contributed by atoms with Crippen LogP contribution in [0.2, 0.25) is 0 Å². The number of carbonyl (C=O) groups is 3. The molecule has 26 heavy (non-hydrogen) atoms. The van der Waals surface area contributed by atoms with Crippen LogP contribution in [0.3, 0.4) is 0 Å². The topological polar surface area (TPSA) is 84.9 Å². The lowest BCUT2D eigenvalue weighted by atomic mass is 10.2. The van der Waals surface area contributed by atoms with Crippen molar-refractivity contribution in [3.05, 3.63) is 29.3 Å². The summed E-state index contributed by atoms with van der Waals surface area (Å²) in [4.78, 5) is 35.2. The van der Waals surface area contributed by atoms with Crippen LogP contribution in [-0.2, 0) is 9.47 Å². The first-order valence-corrected chi connectivity index (χ1v) is 7.70. The molecule has 0 aliphatic rings. The number of aldehydes is 1. The number of nitrogens with zero attached hydrogens (tertiary/aromatic N) is 1. The average molecular weight is 372 g/mol. The monoisotopic (exact) mass is 372 g/mol. The van der Waals surface area contributed by atoms with Gasteiger partial charge in [-0.3, -0.25) is 10.2 Å². The van der Waals surface area contributed by atoms with Crippen LogP contribution >= 0.6 is 0 Å². The molecule has 0 saturated heterocycles. The smallest absolute Gasteiger partial charge is 0.439 e. The predicted molar refractivity (Wildman–Crippen MR) is 89.7 cm³/mol. The van der Waals surface area contributed by atoms with E-state index in [2.05, 4.69) is 5.43 Å². The minimum atomic E-state index is -1.16. The van der Waals surface area contributed by atoms with Gasteiger partial charge in [0.05, 0.1) is 11.3 Å². The van der Waals surface area contributed by atoms with Gasteiger partial charge in [0.1, 0.15) is 22.8 Å². The van der Waals surface area contributed by atoms with Crippen LogP contribution in [0, 0.1) is 11.6 Å². The Balaban J connectivity index is 3.18. The van der Waals surface area contributed by atoms with Crippen LogP contribution in [0.5, 0.6) is 0 Å². The first kappa shape index (κ1) is 21.3. The number of ether oxygens (including phenoxy) is 2. The van der Waals surface area contributed by atoms with E-state index in [0.717, 1.165) is 12.1 Å². The standard InChI is InChI=1S/C17H22F2N2O5/c1-16(2,3)25-14(23)21(15(24)26-17(4,5)6)20-10-7-12(18)11(9-22)13(19)8-10/h7-9,20H,1-6H3. The minimum absolute atomic E-state index is 0.0218. The van der Waals surface area contributed by atoms with E-state index in [1.54, 1.807) is 41.5 Å². The fourth-order valence-electron chi connectivity index (χ4n) is 1.67. The third kappa shape index (κ3) is 6.30. The quantitative estimate of drug-likeness (QED) is 0.630. The van der Waals surface area contributed by atoms with E-state index in [1.807, 2.05) is 0 Å². The zero-order chi connectivity index (χ0) is 20.3. The summed E-state index contributed by atoms with van der Waals surface area (Å²) in [6.07, 6.45) is -2.24. The Bertz CT molecular complexity index is 657. The summed E-state index contributed by atoms with van der Waals surface area (Å²) in [6.45, 7) is 9.48. The SMILES string of the molecule is CC(C)(C)OC(=O)N(Nc1cc(F)c(C=O)c(F)c1)C(=O)OC(C)(C)C. The summed E-state index contributed by atoms with van der Waals surface area (Å²) in [5.74, 6) is -2.31. The lowest BCUT2D eigenvalue weighted by Gasteiger charge is -2.29. The van der Waals surface area contributed by atoms with Gasteiger partial charge in [-0.1, -0.05) is 0 Å². The van der Waals surface area contributed by atoms with Gasteiger partial charge < -0.3 is 9.47 Å². The Labute approximate surface area is 150 Å². The van der Waals surface area contributed by atoms with Crippen molar-refractivity contribution in [2.75, 3.05) is 5.43 Å². The Morgan fingerprint density at radius 1 is 0.962 bits per heavy atom. The number of imide groups is 1. The number of hydrogen-bond donors (Lipinski definition) is 1. The fraction of sp³-hybridized carbons (Fsp3) is 0.471. The van der Waals surface area contributed by atoms with Gasteiger partial charge in [0.15, 0.2) is 6.29 Å². The fourth-order valence-corrected chi connectivity index (χ4v) is 1.67. The van der Waals surface area contributed by atoms with E-state index >= 15 is 0 Å². The molecule has 9 heteroatoms. The molecule has 0 saturated carbocycles. The molecule has 0 fully saturated rings. The average Bonchev–Trinajstić information content (AvgIpc) is 2.40. The van der Waals surface area contributed by atoms with Crippen molar-refractivity contribution in [1.29, 1.82) is 0 Å². The largest absolute Gasteiger partial charge is 0.442 e. The Hall–Kier alpha value is -2.71. The van der Waals surface area contributed by atoms with Gasteiger partial charge in [-0.2, -0.15) is 0 Å². The lowest BCUT2D eigenvalue weighted by molar-refractivity contribution is 0.00638. The normalized spacial score (nSPS) is 11.5. The highest BCUT2D eigenvalue weighted by atomic mass is 19.1. The van der Waals surface area contributed by atoms with Gasteiger partial charge in [-0.25, -0.2) is 18.4 Å². The van der Waals surface area contributed by atoms with Crippen molar-refractivity contribution < 1.29 is 32.6 Å². The van der Waals surface area contributed by atoms with Gasteiger partial charge in [-0.15, -0.1) is 5.01 Å². The van der Waals surface area contributed by atoms with E-state index < -0.39 is 40.6 Å². The second-order valence-corrected chi connectivity index (χ2v) is 7.38. The van der Waals surface area contributed by atoms with E-state index in [1.165, 1.54) is 0 Å². The number of amides is 2. The molecular weight excluding hydrogens is 350 g/mol. The third-order valence-corrected chi connectivity index (χ3v) is 2.59. The molecule has 1 rings (SSSR count). The molecule has 0 heterocycles. The van der Waals surface area contributed by atoms with Crippen molar-refractivity contribution >= 4 is 24.2 Å². The number of anilines is 1. The number of carbonyl (C=O) groups excluding carboxylic acids is 3. The van der Waals surface area contributed by atoms with E-state index in [-0.39, 0.29) is 12.0 Å². The summed E-state index contributed by atoms with van der Waals surface area (Å²) in [6, 6.07) is 1.52. The molecule has 0 aromatic heterocycles. The maximum absolute atomic E-state index is 13.7. The predicted octanol–water partition coefficient (Wildman–Crippen LogP) is 4.28. The van der Waals surface area contributed by atoms with E-state index in [9.17, 15) is 23.2 Å².